The Bertz CT molecular complexity index is 1420. The van der Waals surface area contributed by atoms with Gasteiger partial charge in [-0.15, -0.1) is 0 Å². The van der Waals surface area contributed by atoms with Gasteiger partial charge in [0.05, 0.1) is 19.9 Å². The lowest BCUT2D eigenvalue weighted by molar-refractivity contribution is 0.415. The van der Waals surface area contributed by atoms with Crippen molar-refractivity contribution in [3.8, 4) is 5.75 Å². The summed E-state index contributed by atoms with van der Waals surface area (Å²) in [6.07, 6.45) is 1.63. The highest BCUT2D eigenvalue weighted by Crippen LogP contribution is 2.19. The number of imidazole rings is 1. The summed E-state index contributed by atoms with van der Waals surface area (Å²) in [7, 11) is 4.63. The van der Waals surface area contributed by atoms with E-state index in [1.807, 2.05) is 36.4 Å². The average molecular weight is 453 g/mol. The third-order valence-corrected chi connectivity index (χ3v) is 5.35. The van der Waals surface area contributed by atoms with Crippen LogP contribution in [0.25, 0.3) is 11.2 Å². The average Bonchev–Trinajstić information content (AvgIpc) is 3.16. The minimum Gasteiger partial charge on any atom is -0.497 e. The number of nitrogens with zero attached hydrogens (tertiary/aromatic N) is 5. The van der Waals surface area contributed by atoms with Gasteiger partial charge in [0.2, 0.25) is 5.95 Å². The van der Waals surface area contributed by atoms with Crippen LogP contribution in [0.4, 0.5) is 5.95 Å². The number of hydrazone groups is 1. The molecule has 0 saturated heterocycles. The van der Waals surface area contributed by atoms with E-state index in [1.165, 1.54) is 11.6 Å². The monoisotopic (exact) mass is 452 g/mol. The van der Waals surface area contributed by atoms with E-state index in [0.29, 0.717) is 23.0 Å². The van der Waals surface area contributed by atoms with Gasteiger partial charge in [0.25, 0.3) is 5.56 Å². The van der Waals surface area contributed by atoms with Gasteiger partial charge in [0.1, 0.15) is 5.75 Å². The third kappa shape index (κ3) is 4.02. The summed E-state index contributed by atoms with van der Waals surface area (Å²) in [5.41, 5.74) is 4.35. The molecule has 0 unspecified atom stereocenters. The molecule has 32 heavy (non-hydrogen) atoms. The Hall–Kier alpha value is -3.85. The van der Waals surface area contributed by atoms with Crippen molar-refractivity contribution in [3.05, 3.63) is 85.5 Å². The first kappa shape index (κ1) is 21.4. The first-order chi connectivity index (χ1) is 15.4. The fourth-order valence-electron chi connectivity index (χ4n) is 3.31. The molecule has 0 amide bonds. The molecule has 0 saturated carbocycles. The number of anilines is 1. The zero-order valence-electron chi connectivity index (χ0n) is 17.7. The molecule has 10 heteroatoms. The van der Waals surface area contributed by atoms with Crippen LogP contribution in [0.3, 0.4) is 0 Å². The van der Waals surface area contributed by atoms with Gasteiger partial charge in [-0.2, -0.15) is 10.1 Å². The number of fused-ring (bicyclic) bond motifs is 1. The Balaban J connectivity index is 1.77. The van der Waals surface area contributed by atoms with E-state index in [-0.39, 0.29) is 5.65 Å². The molecule has 164 valence electrons. The predicted molar refractivity (Wildman–Crippen MR) is 125 cm³/mol. The molecule has 1 N–H and O–H groups in total. The van der Waals surface area contributed by atoms with Crippen LogP contribution in [-0.2, 0) is 20.6 Å². The van der Waals surface area contributed by atoms with E-state index >= 15 is 0 Å². The first-order valence-electron chi connectivity index (χ1n) is 9.73. The number of hydrogen-bond acceptors (Lipinski definition) is 6. The second kappa shape index (κ2) is 8.72. The van der Waals surface area contributed by atoms with Crippen molar-refractivity contribution in [2.75, 3.05) is 12.5 Å². The maximum Gasteiger partial charge on any atom is 0.332 e. The summed E-state index contributed by atoms with van der Waals surface area (Å²) in [5, 5.41) is 4.88. The standard InChI is InChI=1S/C22H21ClN6O3/c1-27-19-18(20(30)28(2)22(27)31)29(13-15-4-8-16(23)9-5-15)21(25-19)26-24-12-14-6-10-17(32-3)11-7-14/h4-12H,13H2,1-3H3,(H,25,26). The van der Waals surface area contributed by atoms with Crippen molar-refractivity contribution in [1.29, 1.82) is 0 Å². The zero-order chi connectivity index (χ0) is 22.8. The van der Waals surface area contributed by atoms with Crippen LogP contribution >= 0.6 is 11.6 Å². The van der Waals surface area contributed by atoms with Crippen molar-refractivity contribution >= 4 is 34.9 Å². The number of methoxy groups -OCH3 is 1. The Labute approximate surface area is 188 Å². The van der Waals surface area contributed by atoms with E-state index in [0.717, 1.165) is 21.4 Å². The minimum absolute atomic E-state index is 0.272. The van der Waals surface area contributed by atoms with E-state index in [1.54, 1.807) is 37.1 Å². The second-order valence-corrected chi connectivity index (χ2v) is 7.61. The zero-order valence-corrected chi connectivity index (χ0v) is 18.5. The summed E-state index contributed by atoms with van der Waals surface area (Å²) < 4.78 is 9.26. The summed E-state index contributed by atoms with van der Waals surface area (Å²) in [4.78, 5) is 29.8. The van der Waals surface area contributed by atoms with Gasteiger partial charge in [0.15, 0.2) is 11.2 Å². The molecule has 0 bridgehead atoms. The molecule has 0 spiro atoms. The summed E-state index contributed by atoms with van der Waals surface area (Å²) in [6.45, 7) is 0.335. The smallest absolute Gasteiger partial charge is 0.332 e. The van der Waals surface area contributed by atoms with E-state index in [2.05, 4.69) is 15.5 Å². The predicted octanol–water partition coefficient (Wildman–Crippen LogP) is 2.59. The Morgan fingerprint density at radius 1 is 1.06 bits per heavy atom. The minimum atomic E-state index is -0.452. The van der Waals surface area contributed by atoms with Gasteiger partial charge in [-0.25, -0.2) is 10.2 Å². The van der Waals surface area contributed by atoms with Crippen LogP contribution in [0.1, 0.15) is 11.1 Å². The van der Waals surface area contributed by atoms with Crippen molar-refractivity contribution in [3.63, 3.8) is 0 Å². The lowest BCUT2D eigenvalue weighted by Crippen LogP contribution is -2.37. The Morgan fingerprint density at radius 2 is 1.75 bits per heavy atom. The summed E-state index contributed by atoms with van der Waals surface area (Å²) in [6, 6.07) is 14.7. The molecule has 0 aliphatic heterocycles. The number of aromatic nitrogens is 4. The number of nitrogens with one attached hydrogen (secondary N) is 1. The number of rotatable bonds is 6. The highest BCUT2D eigenvalue weighted by molar-refractivity contribution is 6.30. The fraction of sp³-hybridized carbons (Fsp3) is 0.182. The third-order valence-electron chi connectivity index (χ3n) is 5.10. The number of halogens is 1. The molecule has 2 heterocycles. The van der Waals surface area contributed by atoms with Gasteiger partial charge in [0, 0.05) is 19.1 Å². The van der Waals surface area contributed by atoms with Gasteiger partial charge in [-0.3, -0.25) is 18.5 Å². The number of aryl methyl sites for hydroxylation is 1. The number of hydrogen-bond donors (Lipinski definition) is 1. The lowest BCUT2D eigenvalue weighted by Gasteiger charge is -2.09. The highest BCUT2D eigenvalue weighted by atomic mass is 35.5. The van der Waals surface area contributed by atoms with Crippen LogP contribution < -0.4 is 21.4 Å². The fourth-order valence-corrected chi connectivity index (χ4v) is 3.44. The van der Waals surface area contributed by atoms with Crippen molar-refractivity contribution in [1.82, 2.24) is 18.7 Å². The van der Waals surface area contributed by atoms with E-state index in [4.69, 9.17) is 16.3 Å². The van der Waals surface area contributed by atoms with Gasteiger partial charge >= 0.3 is 5.69 Å². The number of ether oxygens (including phenoxy) is 1. The largest absolute Gasteiger partial charge is 0.497 e. The lowest BCUT2D eigenvalue weighted by atomic mass is 10.2. The maximum atomic E-state index is 12.9. The van der Waals surface area contributed by atoms with Crippen molar-refractivity contribution in [2.45, 2.75) is 6.54 Å². The Kier molecular flexibility index (Phi) is 5.83. The van der Waals surface area contributed by atoms with Gasteiger partial charge in [-0.05, 0) is 47.5 Å². The molecule has 2 aromatic carbocycles. The topological polar surface area (TPSA) is 95.4 Å². The van der Waals surface area contributed by atoms with Gasteiger partial charge in [-0.1, -0.05) is 23.7 Å². The van der Waals surface area contributed by atoms with Gasteiger partial charge < -0.3 is 4.74 Å². The number of benzene rings is 2. The van der Waals surface area contributed by atoms with Crippen molar-refractivity contribution in [2.24, 2.45) is 19.2 Å². The molecule has 0 radical (unpaired) electrons. The Morgan fingerprint density at radius 3 is 2.41 bits per heavy atom. The first-order valence-corrected chi connectivity index (χ1v) is 10.1. The van der Waals surface area contributed by atoms with Crippen LogP contribution in [0.5, 0.6) is 5.75 Å². The SMILES string of the molecule is COc1ccc(C=NNc2nc3c(c(=O)n(C)c(=O)n3C)n2Cc2ccc(Cl)cc2)cc1. The summed E-state index contributed by atoms with van der Waals surface area (Å²) in [5.74, 6) is 1.08. The molecule has 0 aliphatic carbocycles. The maximum absolute atomic E-state index is 12.9. The molecule has 4 aromatic rings. The molecule has 2 aromatic heterocycles. The molecular weight excluding hydrogens is 432 g/mol. The molecule has 0 aliphatic rings. The summed E-state index contributed by atoms with van der Waals surface area (Å²) >= 11 is 6.00. The highest BCUT2D eigenvalue weighted by Gasteiger charge is 2.19. The van der Waals surface area contributed by atoms with E-state index < -0.39 is 11.2 Å². The van der Waals surface area contributed by atoms with Crippen LogP contribution in [0.2, 0.25) is 5.02 Å². The molecule has 0 atom stereocenters. The normalized spacial score (nSPS) is 11.4. The molecular formula is C22H21ClN6O3. The van der Waals surface area contributed by atoms with E-state index in [9.17, 15) is 9.59 Å². The van der Waals surface area contributed by atoms with Crippen LogP contribution in [0, 0.1) is 0 Å². The second-order valence-electron chi connectivity index (χ2n) is 7.17. The molecule has 4 rings (SSSR count). The van der Waals surface area contributed by atoms with Crippen molar-refractivity contribution < 1.29 is 4.74 Å². The van der Waals surface area contributed by atoms with Crippen LogP contribution in [-0.4, -0.2) is 32.0 Å². The quantitative estimate of drug-likeness (QED) is 0.358. The molecule has 9 nitrogen and oxygen atoms in total. The van der Waals surface area contributed by atoms with Crippen LogP contribution in [0.15, 0.2) is 63.2 Å². The molecule has 0 fully saturated rings.